The van der Waals surface area contributed by atoms with Crippen molar-refractivity contribution in [2.45, 2.75) is 92.4 Å². The lowest BCUT2D eigenvalue weighted by molar-refractivity contribution is -0.273. The Hall–Kier alpha value is -0.570. The van der Waals surface area contributed by atoms with Gasteiger partial charge in [0.05, 0.1) is 6.61 Å². The Morgan fingerprint density at radius 2 is 1.67 bits per heavy atom. The molecule has 3 nitrogen and oxygen atoms in total. The average molecular weight is 300 g/mol. The van der Waals surface area contributed by atoms with Crippen LogP contribution in [0.5, 0.6) is 0 Å². The molecule has 0 aliphatic rings. The molecule has 0 aromatic rings. The van der Waals surface area contributed by atoms with Gasteiger partial charge in [-0.15, -0.1) is 0 Å². The van der Waals surface area contributed by atoms with Crippen LogP contribution < -0.4 is 0 Å². The average Bonchev–Trinajstić information content (AvgIpc) is 2.41. The maximum absolute atomic E-state index is 11.5. The highest BCUT2D eigenvalue weighted by Gasteiger charge is 2.10. The van der Waals surface area contributed by atoms with Crippen LogP contribution in [0.25, 0.3) is 0 Å². The highest BCUT2D eigenvalue weighted by Crippen LogP contribution is 2.22. The molecule has 0 unspecified atom stereocenters. The minimum absolute atomic E-state index is 0.228. The fourth-order valence-electron chi connectivity index (χ4n) is 2.38. The highest BCUT2D eigenvalue weighted by molar-refractivity contribution is 5.68. The first-order chi connectivity index (χ1) is 9.89. The van der Waals surface area contributed by atoms with E-state index in [1.165, 1.54) is 25.7 Å². The third-order valence-electron chi connectivity index (χ3n) is 3.95. The molecule has 3 heteroatoms. The zero-order valence-corrected chi connectivity index (χ0v) is 14.9. The lowest BCUT2D eigenvalue weighted by Crippen LogP contribution is -2.08. The Morgan fingerprint density at radius 3 is 2.24 bits per heavy atom. The molecule has 0 aliphatic carbocycles. The summed E-state index contributed by atoms with van der Waals surface area (Å²) in [5.41, 5.74) is 0.387. The number of unbranched alkanes of at least 4 members (excludes halogenated alkanes) is 2. The maximum atomic E-state index is 11.5. The topological polar surface area (TPSA) is 35.5 Å². The van der Waals surface area contributed by atoms with E-state index in [0.29, 0.717) is 18.4 Å². The molecule has 0 radical (unpaired) electrons. The van der Waals surface area contributed by atoms with Crippen LogP contribution in [0.4, 0.5) is 0 Å². The van der Waals surface area contributed by atoms with Crippen LogP contribution in [0.1, 0.15) is 92.4 Å². The Morgan fingerprint density at radius 1 is 1.00 bits per heavy atom. The first kappa shape index (κ1) is 20.4. The summed E-state index contributed by atoms with van der Waals surface area (Å²) in [5, 5.41) is 0. The predicted molar refractivity (Wildman–Crippen MR) is 87.9 cm³/mol. The van der Waals surface area contributed by atoms with E-state index in [0.717, 1.165) is 31.6 Å². The second-order valence-corrected chi connectivity index (χ2v) is 7.22. The van der Waals surface area contributed by atoms with Gasteiger partial charge in [-0.25, -0.2) is 4.79 Å². The van der Waals surface area contributed by atoms with E-state index in [2.05, 4.69) is 34.6 Å². The molecular weight excluding hydrogens is 264 g/mol. The SMILES string of the molecule is CCC(CC)CCCOOC(=O)CCCCCC(C)(C)C. The summed E-state index contributed by atoms with van der Waals surface area (Å²) in [6, 6.07) is 0. The summed E-state index contributed by atoms with van der Waals surface area (Å²) in [6.45, 7) is 11.7. The van der Waals surface area contributed by atoms with Gasteiger partial charge in [0.1, 0.15) is 0 Å². The van der Waals surface area contributed by atoms with Crippen molar-refractivity contribution >= 4 is 5.97 Å². The van der Waals surface area contributed by atoms with E-state index >= 15 is 0 Å². The van der Waals surface area contributed by atoms with Crippen molar-refractivity contribution in [3.05, 3.63) is 0 Å². The van der Waals surface area contributed by atoms with Crippen molar-refractivity contribution in [2.75, 3.05) is 6.61 Å². The third-order valence-corrected chi connectivity index (χ3v) is 3.95. The first-order valence-corrected chi connectivity index (χ1v) is 8.71. The molecule has 0 aromatic carbocycles. The van der Waals surface area contributed by atoms with E-state index in [4.69, 9.17) is 9.78 Å². The normalized spacial score (nSPS) is 11.9. The zero-order valence-electron chi connectivity index (χ0n) is 14.9. The molecule has 0 rings (SSSR count). The zero-order chi connectivity index (χ0) is 16.1. The molecule has 0 amide bonds. The van der Waals surface area contributed by atoms with Gasteiger partial charge in [-0.05, 0) is 37.0 Å². The minimum atomic E-state index is -0.228. The van der Waals surface area contributed by atoms with Crippen molar-refractivity contribution in [2.24, 2.45) is 11.3 Å². The number of carbonyl (C=O) groups is 1. The van der Waals surface area contributed by atoms with Crippen LogP contribution in [0.2, 0.25) is 0 Å². The second-order valence-electron chi connectivity index (χ2n) is 7.22. The van der Waals surface area contributed by atoms with Crippen LogP contribution in [0.3, 0.4) is 0 Å². The molecule has 0 aromatic heterocycles. The Labute approximate surface area is 131 Å². The van der Waals surface area contributed by atoms with Gasteiger partial charge in [-0.2, -0.15) is 4.89 Å². The standard InChI is InChI=1S/C18H36O3/c1-6-16(7-2)12-11-15-20-21-17(19)13-9-8-10-14-18(3,4)5/h16H,6-15H2,1-5H3. The monoisotopic (exact) mass is 300 g/mol. The Kier molecular flexibility index (Phi) is 11.7. The van der Waals surface area contributed by atoms with Crippen LogP contribution in [-0.4, -0.2) is 12.6 Å². The Bertz CT molecular complexity index is 252. The van der Waals surface area contributed by atoms with Crippen molar-refractivity contribution in [1.82, 2.24) is 0 Å². The first-order valence-electron chi connectivity index (χ1n) is 8.71. The molecular formula is C18H36O3. The molecule has 0 aliphatic heterocycles. The Balaban J connectivity index is 3.39. The van der Waals surface area contributed by atoms with E-state index in [-0.39, 0.29) is 5.97 Å². The van der Waals surface area contributed by atoms with E-state index in [1.807, 2.05) is 0 Å². The molecule has 0 fully saturated rings. The fraction of sp³-hybridized carbons (Fsp3) is 0.944. The molecule has 126 valence electrons. The predicted octanol–water partition coefficient (Wildman–Crippen LogP) is 5.67. The summed E-state index contributed by atoms with van der Waals surface area (Å²) in [4.78, 5) is 21.3. The second kappa shape index (κ2) is 12.0. The van der Waals surface area contributed by atoms with Crippen LogP contribution in [-0.2, 0) is 14.6 Å². The van der Waals surface area contributed by atoms with Crippen molar-refractivity contribution in [3.63, 3.8) is 0 Å². The molecule has 0 spiro atoms. The van der Waals surface area contributed by atoms with E-state index in [9.17, 15) is 4.79 Å². The molecule has 0 atom stereocenters. The lowest BCUT2D eigenvalue weighted by atomic mass is 9.89. The summed E-state index contributed by atoms with van der Waals surface area (Å²) in [5.74, 6) is 0.542. The number of hydrogen-bond donors (Lipinski definition) is 0. The largest absolute Gasteiger partial charge is 0.342 e. The van der Waals surface area contributed by atoms with E-state index in [1.54, 1.807) is 0 Å². The van der Waals surface area contributed by atoms with Gasteiger partial charge in [0.15, 0.2) is 0 Å². The fourth-order valence-corrected chi connectivity index (χ4v) is 2.38. The highest BCUT2D eigenvalue weighted by atomic mass is 17.2. The van der Waals surface area contributed by atoms with Crippen LogP contribution in [0, 0.1) is 11.3 Å². The summed E-state index contributed by atoms with van der Waals surface area (Å²) >= 11 is 0. The van der Waals surface area contributed by atoms with E-state index < -0.39 is 0 Å². The number of carbonyl (C=O) groups excluding carboxylic acids is 1. The summed E-state index contributed by atoms with van der Waals surface area (Å²) < 4.78 is 0. The van der Waals surface area contributed by atoms with Gasteiger partial charge in [-0.1, -0.05) is 60.3 Å². The third kappa shape index (κ3) is 14.1. The van der Waals surface area contributed by atoms with Crippen molar-refractivity contribution in [1.29, 1.82) is 0 Å². The summed E-state index contributed by atoms with van der Waals surface area (Å²) in [7, 11) is 0. The van der Waals surface area contributed by atoms with Gasteiger partial charge >= 0.3 is 5.97 Å². The smallest absolute Gasteiger partial charge is 0.298 e. The van der Waals surface area contributed by atoms with Gasteiger partial charge < -0.3 is 0 Å². The van der Waals surface area contributed by atoms with Crippen molar-refractivity contribution in [3.8, 4) is 0 Å². The quantitative estimate of drug-likeness (QED) is 0.264. The van der Waals surface area contributed by atoms with Gasteiger partial charge in [0.25, 0.3) is 0 Å². The molecule has 21 heavy (non-hydrogen) atoms. The summed E-state index contributed by atoms with van der Waals surface area (Å²) in [6.07, 6.45) is 9.36. The lowest BCUT2D eigenvalue weighted by Gasteiger charge is -2.17. The minimum Gasteiger partial charge on any atom is -0.298 e. The van der Waals surface area contributed by atoms with Gasteiger partial charge in [-0.3, -0.25) is 4.89 Å². The van der Waals surface area contributed by atoms with Crippen molar-refractivity contribution < 1.29 is 14.6 Å². The maximum Gasteiger partial charge on any atom is 0.342 e. The molecule has 0 saturated carbocycles. The molecule has 0 bridgehead atoms. The molecule has 0 heterocycles. The van der Waals surface area contributed by atoms with Gasteiger partial charge in [0.2, 0.25) is 0 Å². The van der Waals surface area contributed by atoms with Gasteiger partial charge in [0, 0.05) is 6.42 Å². The molecule has 0 N–H and O–H groups in total. The van der Waals surface area contributed by atoms with Crippen LogP contribution in [0.15, 0.2) is 0 Å². The molecule has 0 saturated heterocycles. The number of rotatable bonds is 12. The number of hydrogen-bond acceptors (Lipinski definition) is 3. The van der Waals surface area contributed by atoms with Crippen LogP contribution >= 0.6 is 0 Å².